The molecule has 0 aliphatic heterocycles. The van der Waals surface area contributed by atoms with E-state index in [0.717, 1.165) is 20.9 Å². The highest BCUT2D eigenvalue weighted by Gasteiger charge is 2.19. The fraction of sp³-hybridized carbons (Fsp3) is 0. The third kappa shape index (κ3) is 2.09. The Labute approximate surface area is 123 Å². The molecule has 0 saturated heterocycles. The van der Waals surface area contributed by atoms with Crippen LogP contribution in [-0.2, 0) is 0 Å². The molecule has 0 aliphatic carbocycles. The highest BCUT2D eigenvalue weighted by molar-refractivity contribution is 7.18. The first-order valence-corrected chi connectivity index (χ1v) is 7.52. The minimum atomic E-state index is -0.281. The molecule has 3 aromatic rings. The Morgan fingerprint density at radius 2 is 1.90 bits per heavy atom. The largest absolute Gasteiger partial charge is 0.396 e. The lowest BCUT2D eigenvalue weighted by Gasteiger charge is -2.03. The second kappa shape index (κ2) is 5.08. The SMILES string of the molecule is N#Cc1sc(-c2ccc(F)cc2)c(-c2cccs2)c1N. The number of nitrogens with zero attached hydrogens (tertiary/aromatic N) is 1. The molecule has 0 bridgehead atoms. The summed E-state index contributed by atoms with van der Waals surface area (Å²) in [5, 5.41) is 11.1. The van der Waals surface area contributed by atoms with Crippen LogP contribution in [-0.4, -0.2) is 0 Å². The summed E-state index contributed by atoms with van der Waals surface area (Å²) in [5.74, 6) is -0.281. The molecule has 2 heterocycles. The Bertz CT molecular complexity index is 781. The van der Waals surface area contributed by atoms with Gasteiger partial charge in [0.1, 0.15) is 16.8 Å². The van der Waals surface area contributed by atoms with E-state index < -0.39 is 0 Å². The van der Waals surface area contributed by atoms with Crippen molar-refractivity contribution in [2.24, 2.45) is 0 Å². The predicted molar refractivity (Wildman–Crippen MR) is 82.2 cm³/mol. The van der Waals surface area contributed by atoms with E-state index >= 15 is 0 Å². The maximum atomic E-state index is 13.1. The molecular formula is C15H9FN2S2. The van der Waals surface area contributed by atoms with Crippen molar-refractivity contribution in [3.8, 4) is 27.0 Å². The molecule has 0 fully saturated rings. The van der Waals surface area contributed by atoms with Gasteiger partial charge in [-0.05, 0) is 29.1 Å². The number of nitrogens with two attached hydrogens (primary N) is 1. The van der Waals surface area contributed by atoms with Crippen LogP contribution in [0.25, 0.3) is 20.9 Å². The minimum Gasteiger partial charge on any atom is -0.396 e. The molecule has 3 rings (SSSR count). The fourth-order valence-corrected chi connectivity index (χ4v) is 3.89. The summed E-state index contributed by atoms with van der Waals surface area (Å²) >= 11 is 2.91. The highest BCUT2D eigenvalue weighted by Crippen LogP contribution is 2.46. The Morgan fingerprint density at radius 1 is 1.15 bits per heavy atom. The number of benzene rings is 1. The Balaban J connectivity index is 2.25. The van der Waals surface area contributed by atoms with Gasteiger partial charge in [-0.25, -0.2) is 4.39 Å². The molecule has 2 aromatic heterocycles. The number of nitriles is 1. The monoisotopic (exact) mass is 300 g/mol. The first kappa shape index (κ1) is 12.9. The van der Waals surface area contributed by atoms with Gasteiger partial charge < -0.3 is 5.73 Å². The van der Waals surface area contributed by atoms with Gasteiger partial charge in [-0.1, -0.05) is 18.2 Å². The molecule has 2 N–H and O–H groups in total. The molecule has 2 nitrogen and oxygen atoms in total. The van der Waals surface area contributed by atoms with Crippen LogP contribution in [0.5, 0.6) is 0 Å². The number of thiophene rings is 2. The number of hydrogen-bond donors (Lipinski definition) is 1. The summed E-state index contributed by atoms with van der Waals surface area (Å²) in [4.78, 5) is 2.41. The van der Waals surface area contributed by atoms with Gasteiger partial charge in [0.2, 0.25) is 0 Å². The average molecular weight is 300 g/mol. The molecule has 0 atom stereocenters. The summed E-state index contributed by atoms with van der Waals surface area (Å²) < 4.78 is 13.1. The second-order valence-electron chi connectivity index (χ2n) is 4.14. The maximum Gasteiger partial charge on any atom is 0.129 e. The summed E-state index contributed by atoms with van der Waals surface area (Å²) in [6.07, 6.45) is 0. The second-order valence-corrected chi connectivity index (χ2v) is 6.11. The molecule has 0 aliphatic rings. The lowest BCUT2D eigenvalue weighted by Crippen LogP contribution is -1.87. The first-order chi connectivity index (χ1) is 9.70. The van der Waals surface area contributed by atoms with Crippen molar-refractivity contribution in [2.75, 3.05) is 5.73 Å². The average Bonchev–Trinajstić information content (AvgIpc) is 3.07. The quantitative estimate of drug-likeness (QED) is 0.743. The van der Waals surface area contributed by atoms with Crippen LogP contribution in [0.4, 0.5) is 10.1 Å². The Kier molecular flexibility index (Phi) is 3.26. The highest BCUT2D eigenvalue weighted by atomic mass is 32.1. The lowest BCUT2D eigenvalue weighted by molar-refractivity contribution is 0.628. The number of nitrogen functional groups attached to an aromatic ring is 1. The zero-order valence-electron chi connectivity index (χ0n) is 10.3. The van der Waals surface area contributed by atoms with Crippen LogP contribution < -0.4 is 5.73 Å². The molecule has 0 amide bonds. The number of anilines is 1. The van der Waals surface area contributed by atoms with E-state index in [1.807, 2.05) is 17.5 Å². The zero-order valence-corrected chi connectivity index (χ0v) is 11.9. The van der Waals surface area contributed by atoms with Crippen molar-refractivity contribution < 1.29 is 4.39 Å². The first-order valence-electron chi connectivity index (χ1n) is 5.83. The predicted octanol–water partition coefficient (Wildman–Crippen LogP) is 4.74. The molecule has 5 heteroatoms. The van der Waals surface area contributed by atoms with Crippen LogP contribution in [0.1, 0.15) is 4.88 Å². The maximum absolute atomic E-state index is 13.1. The van der Waals surface area contributed by atoms with E-state index in [0.29, 0.717) is 10.6 Å². The summed E-state index contributed by atoms with van der Waals surface area (Å²) in [5.41, 5.74) is 8.33. The van der Waals surface area contributed by atoms with Crippen molar-refractivity contribution in [2.45, 2.75) is 0 Å². The van der Waals surface area contributed by atoms with E-state index in [2.05, 4.69) is 6.07 Å². The van der Waals surface area contributed by atoms with Gasteiger partial charge in [0.25, 0.3) is 0 Å². The normalized spacial score (nSPS) is 10.4. The van der Waals surface area contributed by atoms with Crippen molar-refractivity contribution in [3.63, 3.8) is 0 Å². The molecule has 20 heavy (non-hydrogen) atoms. The van der Waals surface area contributed by atoms with E-state index in [-0.39, 0.29) is 5.82 Å². The van der Waals surface area contributed by atoms with E-state index in [9.17, 15) is 4.39 Å². The van der Waals surface area contributed by atoms with Crippen molar-refractivity contribution in [3.05, 3.63) is 52.5 Å². The van der Waals surface area contributed by atoms with Crippen molar-refractivity contribution >= 4 is 28.4 Å². The standard InChI is InChI=1S/C15H9FN2S2/c16-10-5-3-9(4-6-10)15-13(11-2-1-7-19-11)14(18)12(8-17)20-15/h1-7H,18H2. The molecular weight excluding hydrogens is 291 g/mol. The number of hydrogen-bond acceptors (Lipinski definition) is 4. The van der Waals surface area contributed by atoms with E-state index in [1.54, 1.807) is 23.5 Å². The Hall–Kier alpha value is -2.16. The number of rotatable bonds is 2. The smallest absolute Gasteiger partial charge is 0.129 e. The van der Waals surface area contributed by atoms with E-state index in [1.165, 1.54) is 23.5 Å². The summed E-state index contributed by atoms with van der Waals surface area (Å²) in [6, 6.07) is 12.3. The van der Waals surface area contributed by atoms with Gasteiger partial charge >= 0.3 is 0 Å². The van der Waals surface area contributed by atoms with Gasteiger partial charge in [-0.15, -0.1) is 22.7 Å². The van der Waals surface area contributed by atoms with Gasteiger partial charge in [-0.3, -0.25) is 0 Å². The molecule has 0 radical (unpaired) electrons. The van der Waals surface area contributed by atoms with Crippen LogP contribution >= 0.6 is 22.7 Å². The molecule has 98 valence electrons. The van der Waals surface area contributed by atoms with Crippen molar-refractivity contribution in [1.82, 2.24) is 0 Å². The molecule has 1 aromatic carbocycles. The third-order valence-electron chi connectivity index (χ3n) is 2.92. The van der Waals surface area contributed by atoms with Crippen LogP contribution in [0, 0.1) is 17.1 Å². The number of halogens is 1. The van der Waals surface area contributed by atoms with Crippen LogP contribution in [0.2, 0.25) is 0 Å². The molecule has 0 unspecified atom stereocenters. The van der Waals surface area contributed by atoms with Crippen LogP contribution in [0.3, 0.4) is 0 Å². The van der Waals surface area contributed by atoms with Gasteiger partial charge in [0.05, 0.1) is 5.69 Å². The van der Waals surface area contributed by atoms with Gasteiger partial charge in [-0.2, -0.15) is 5.26 Å². The van der Waals surface area contributed by atoms with Gasteiger partial charge in [0, 0.05) is 15.3 Å². The lowest BCUT2D eigenvalue weighted by atomic mass is 10.1. The zero-order chi connectivity index (χ0) is 14.1. The Morgan fingerprint density at radius 3 is 2.50 bits per heavy atom. The summed E-state index contributed by atoms with van der Waals surface area (Å²) in [7, 11) is 0. The topological polar surface area (TPSA) is 49.8 Å². The fourth-order valence-electron chi connectivity index (χ4n) is 2.00. The van der Waals surface area contributed by atoms with Crippen LogP contribution in [0.15, 0.2) is 41.8 Å². The van der Waals surface area contributed by atoms with Crippen molar-refractivity contribution in [1.29, 1.82) is 5.26 Å². The molecule has 0 spiro atoms. The minimum absolute atomic E-state index is 0.281. The molecule has 0 saturated carbocycles. The van der Waals surface area contributed by atoms with E-state index in [4.69, 9.17) is 11.0 Å². The van der Waals surface area contributed by atoms with Gasteiger partial charge in [0.15, 0.2) is 0 Å². The third-order valence-corrected chi connectivity index (χ3v) is 4.97. The summed E-state index contributed by atoms with van der Waals surface area (Å²) in [6.45, 7) is 0.